The van der Waals surface area contributed by atoms with Crippen molar-refractivity contribution in [3.63, 3.8) is 0 Å². The molecule has 4 saturated carbocycles. The van der Waals surface area contributed by atoms with Crippen LogP contribution in [0.4, 0.5) is 0 Å². The van der Waals surface area contributed by atoms with Gasteiger partial charge in [0.05, 0.1) is 0 Å². The fraction of sp³-hybridized carbons (Fsp3) is 0.960. The highest BCUT2D eigenvalue weighted by Crippen LogP contribution is 2.68. The number of carbonyl (C=O) groups excluding carboxylic acids is 1. The average Bonchev–Trinajstić information content (AvgIpc) is 2.99. The molecule has 0 bridgehead atoms. The van der Waals surface area contributed by atoms with Gasteiger partial charge in [-0.15, -0.1) is 0 Å². The summed E-state index contributed by atoms with van der Waals surface area (Å²) in [7, 11) is 0. The lowest BCUT2D eigenvalue weighted by Gasteiger charge is -2.61. The zero-order valence-corrected chi connectivity index (χ0v) is 20.1. The molecule has 28 heavy (non-hydrogen) atoms. The van der Waals surface area contributed by atoms with E-state index in [0.29, 0.717) is 10.8 Å². The van der Waals surface area contributed by atoms with Gasteiger partial charge in [-0.3, -0.25) is 4.79 Å². The summed E-state index contributed by atoms with van der Waals surface area (Å²) in [6.07, 6.45) is 13.6. The molecule has 0 radical (unpaired) electrons. The molecule has 4 aliphatic carbocycles. The molecular weight excluding hydrogens is 412 g/mol. The van der Waals surface area contributed by atoms with E-state index in [0.717, 1.165) is 53.7 Å². The maximum atomic E-state index is 11.4. The lowest BCUT2D eigenvalue weighted by Crippen LogP contribution is -2.54. The van der Waals surface area contributed by atoms with Gasteiger partial charge in [0, 0.05) is 12.3 Å². The standard InChI is InChI=1S/C25H41BrO2/c1-16(11-14-26)21-7-8-22-20-6-5-18-15-19(28-17(2)27)9-12-24(18,3)23(20)10-13-25(21,22)4/h16,18-23H,5-15H2,1-4H3/t16-,18+,19-,20+,21-,22+,23+,24+,25-/m1/s1. The van der Waals surface area contributed by atoms with E-state index in [9.17, 15) is 4.79 Å². The van der Waals surface area contributed by atoms with E-state index in [4.69, 9.17) is 4.74 Å². The third kappa shape index (κ3) is 3.40. The molecule has 0 spiro atoms. The third-order valence-electron chi connectivity index (χ3n) is 10.3. The molecule has 2 nitrogen and oxygen atoms in total. The van der Waals surface area contributed by atoms with Gasteiger partial charge in [0.15, 0.2) is 0 Å². The summed E-state index contributed by atoms with van der Waals surface area (Å²) < 4.78 is 5.63. The van der Waals surface area contributed by atoms with E-state index in [-0.39, 0.29) is 12.1 Å². The maximum Gasteiger partial charge on any atom is 0.302 e. The molecule has 9 atom stereocenters. The zero-order valence-electron chi connectivity index (χ0n) is 18.5. The largest absolute Gasteiger partial charge is 0.463 e. The second kappa shape index (κ2) is 7.89. The van der Waals surface area contributed by atoms with Crippen molar-refractivity contribution in [2.75, 3.05) is 5.33 Å². The van der Waals surface area contributed by atoms with Crippen LogP contribution in [0.5, 0.6) is 0 Å². The number of alkyl halides is 1. The Bertz CT molecular complexity index is 591. The summed E-state index contributed by atoms with van der Waals surface area (Å²) in [4.78, 5) is 11.4. The molecule has 0 unspecified atom stereocenters. The van der Waals surface area contributed by atoms with Crippen LogP contribution in [0.2, 0.25) is 0 Å². The van der Waals surface area contributed by atoms with Crippen LogP contribution in [0.25, 0.3) is 0 Å². The van der Waals surface area contributed by atoms with E-state index < -0.39 is 0 Å². The Labute approximate surface area is 181 Å². The Hall–Kier alpha value is -0.0500. The van der Waals surface area contributed by atoms with Gasteiger partial charge in [-0.05, 0) is 111 Å². The minimum atomic E-state index is -0.0923. The van der Waals surface area contributed by atoms with Gasteiger partial charge in [0.25, 0.3) is 0 Å². The molecule has 4 aliphatic rings. The maximum absolute atomic E-state index is 11.4. The molecule has 0 aliphatic heterocycles. The summed E-state index contributed by atoms with van der Waals surface area (Å²) in [5.74, 6) is 5.28. The molecule has 0 heterocycles. The highest BCUT2D eigenvalue weighted by atomic mass is 79.9. The first-order valence-corrected chi connectivity index (χ1v) is 13.1. The number of rotatable bonds is 4. The smallest absolute Gasteiger partial charge is 0.302 e. The second-order valence-electron chi connectivity index (χ2n) is 11.3. The normalized spacial score (nSPS) is 48.9. The Balaban J connectivity index is 1.50. The highest BCUT2D eigenvalue weighted by molar-refractivity contribution is 9.09. The predicted octanol–water partition coefficient (Wildman–Crippen LogP) is 7.00. The Morgan fingerprint density at radius 2 is 1.75 bits per heavy atom. The first-order valence-electron chi connectivity index (χ1n) is 12.0. The number of hydrogen-bond acceptors (Lipinski definition) is 2. The topological polar surface area (TPSA) is 26.3 Å². The van der Waals surface area contributed by atoms with Crippen molar-refractivity contribution < 1.29 is 9.53 Å². The summed E-state index contributed by atoms with van der Waals surface area (Å²) in [5.41, 5.74) is 1.07. The third-order valence-corrected chi connectivity index (χ3v) is 10.7. The van der Waals surface area contributed by atoms with Crippen molar-refractivity contribution in [2.24, 2.45) is 46.3 Å². The van der Waals surface area contributed by atoms with Gasteiger partial charge >= 0.3 is 5.97 Å². The van der Waals surface area contributed by atoms with E-state index in [2.05, 4.69) is 36.7 Å². The van der Waals surface area contributed by atoms with Crippen molar-refractivity contribution in [3.8, 4) is 0 Å². The van der Waals surface area contributed by atoms with E-state index in [1.54, 1.807) is 6.92 Å². The molecule has 160 valence electrons. The molecule has 0 N–H and O–H groups in total. The summed E-state index contributed by atoms with van der Waals surface area (Å²) in [6.45, 7) is 9.36. The number of ether oxygens (including phenoxy) is 1. The second-order valence-corrected chi connectivity index (χ2v) is 12.1. The fourth-order valence-electron chi connectivity index (χ4n) is 8.91. The van der Waals surface area contributed by atoms with Crippen LogP contribution in [-0.2, 0) is 9.53 Å². The SMILES string of the molecule is CC(=O)O[C@@H]1CC[C@@]2(C)[C@@H](CC[C@@H]3[C@@H]2CC[C@]2(C)[C@@H]([C@H](C)CCBr)CC[C@@H]32)C1. The van der Waals surface area contributed by atoms with Gasteiger partial charge in [-0.25, -0.2) is 0 Å². The summed E-state index contributed by atoms with van der Waals surface area (Å²) in [6, 6.07) is 0. The Kier molecular flexibility index (Phi) is 5.97. The first kappa shape index (κ1) is 21.2. The Morgan fingerprint density at radius 3 is 2.46 bits per heavy atom. The van der Waals surface area contributed by atoms with Gasteiger partial charge < -0.3 is 4.74 Å². The van der Waals surface area contributed by atoms with E-state index in [1.807, 2.05) is 0 Å². The van der Waals surface area contributed by atoms with Crippen molar-refractivity contribution >= 4 is 21.9 Å². The molecule has 4 rings (SSSR count). The number of hydrogen-bond donors (Lipinski definition) is 0. The van der Waals surface area contributed by atoms with Crippen molar-refractivity contribution in [1.29, 1.82) is 0 Å². The van der Waals surface area contributed by atoms with Crippen molar-refractivity contribution in [2.45, 2.75) is 98.0 Å². The van der Waals surface area contributed by atoms with Crippen molar-refractivity contribution in [3.05, 3.63) is 0 Å². The molecule has 0 aromatic carbocycles. The van der Waals surface area contributed by atoms with Gasteiger partial charge in [-0.2, -0.15) is 0 Å². The number of carbonyl (C=O) groups is 1. The number of halogens is 1. The van der Waals surface area contributed by atoms with Crippen LogP contribution in [0, 0.1) is 46.3 Å². The van der Waals surface area contributed by atoms with Crippen molar-refractivity contribution in [1.82, 2.24) is 0 Å². The van der Waals surface area contributed by atoms with Gasteiger partial charge in [-0.1, -0.05) is 36.7 Å². The van der Waals surface area contributed by atoms with E-state index in [1.165, 1.54) is 51.4 Å². The highest BCUT2D eigenvalue weighted by Gasteiger charge is 2.60. The van der Waals surface area contributed by atoms with Crippen LogP contribution < -0.4 is 0 Å². The fourth-order valence-corrected chi connectivity index (χ4v) is 9.63. The summed E-state index contributed by atoms with van der Waals surface area (Å²) in [5, 5.41) is 1.15. The summed E-state index contributed by atoms with van der Waals surface area (Å²) >= 11 is 3.69. The molecule has 0 aromatic rings. The van der Waals surface area contributed by atoms with E-state index >= 15 is 0 Å². The molecule has 0 amide bonds. The lowest BCUT2D eigenvalue weighted by molar-refractivity contribution is -0.160. The van der Waals surface area contributed by atoms with Crippen LogP contribution >= 0.6 is 15.9 Å². The minimum Gasteiger partial charge on any atom is -0.463 e. The molecule has 0 saturated heterocycles. The first-order chi connectivity index (χ1) is 13.3. The zero-order chi connectivity index (χ0) is 20.1. The molecule has 3 heteroatoms. The molecular formula is C25H41BrO2. The van der Waals surface area contributed by atoms with Crippen LogP contribution in [0.15, 0.2) is 0 Å². The van der Waals surface area contributed by atoms with Gasteiger partial charge in [0.1, 0.15) is 6.10 Å². The molecule has 0 aromatic heterocycles. The monoisotopic (exact) mass is 452 g/mol. The predicted molar refractivity (Wildman–Crippen MR) is 118 cm³/mol. The van der Waals surface area contributed by atoms with Gasteiger partial charge in [0.2, 0.25) is 0 Å². The van der Waals surface area contributed by atoms with Crippen LogP contribution in [0.1, 0.15) is 91.9 Å². The number of fused-ring (bicyclic) bond motifs is 5. The molecule has 4 fully saturated rings. The van der Waals surface area contributed by atoms with Crippen LogP contribution in [0.3, 0.4) is 0 Å². The van der Waals surface area contributed by atoms with Crippen LogP contribution in [-0.4, -0.2) is 17.4 Å². The quantitative estimate of drug-likeness (QED) is 0.338. The minimum absolute atomic E-state index is 0.0923. The lowest BCUT2D eigenvalue weighted by atomic mass is 9.44. The number of esters is 1. The average molecular weight is 454 g/mol. The Morgan fingerprint density at radius 1 is 1.04 bits per heavy atom.